The van der Waals surface area contributed by atoms with Gasteiger partial charge >= 0.3 is 0 Å². The standard InChI is InChI=1S/C11H23NO3/c1-10-11(4-7-15-10)12-5-3-6-14-9-8-13-2/h10-12H,3-9H2,1-2H3. The molecule has 0 aromatic carbocycles. The van der Waals surface area contributed by atoms with E-state index >= 15 is 0 Å². The molecular weight excluding hydrogens is 194 g/mol. The summed E-state index contributed by atoms with van der Waals surface area (Å²) >= 11 is 0. The Labute approximate surface area is 92.3 Å². The van der Waals surface area contributed by atoms with Gasteiger partial charge in [0.1, 0.15) is 0 Å². The average molecular weight is 217 g/mol. The van der Waals surface area contributed by atoms with Crippen LogP contribution in [0, 0.1) is 0 Å². The molecule has 0 amide bonds. The number of hydrogen-bond acceptors (Lipinski definition) is 4. The number of rotatable bonds is 8. The van der Waals surface area contributed by atoms with Crippen LogP contribution < -0.4 is 5.32 Å². The molecular formula is C11H23NO3. The van der Waals surface area contributed by atoms with Gasteiger partial charge in [-0.1, -0.05) is 0 Å². The van der Waals surface area contributed by atoms with Crippen molar-refractivity contribution >= 4 is 0 Å². The number of nitrogens with one attached hydrogen (secondary N) is 1. The van der Waals surface area contributed by atoms with E-state index in [2.05, 4.69) is 12.2 Å². The first-order valence-electron chi connectivity index (χ1n) is 5.76. The maximum atomic E-state index is 5.47. The fourth-order valence-electron chi connectivity index (χ4n) is 1.71. The van der Waals surface area contributed by atoms with Crippen molar-refractivity contribution in [1.82, 2.24) is 5.32 Å². The Morgan fingerprint density at radius 1 is 1.33 bits per heavy atom. The van der Waals surface area contributed by atoms with Crippen molar-refractivity contribution in [2.75, 3.05) is 40.1 Å². The van der Waals surface area contributed by atoms with E-state index in [0.717, 1.165) is 32.6 Å². The second-order valence-corrected chi connectivity index (χ2v) is 3.88. The van der Waals surface area contributed by atoms with Crippen molar-refractivity contribution in [2.45, 2.75) is 31.9 Å². The molecule has 0 aromatic heterocycles. The van der Waals surface area contributed by atoms with Gasteiger partial charge in [-0.15, -0.1) is 0 Å². The van der Waals surface area contributed by atoms with E-state index < -0.39 is 0 Å². The van der Waals surface area contributed by atoms with E-state index in [4.69, 9.17) is 14.2 Å². The van der Waals surface area contributed by atoms with Crippen LogP contribution in [-0.2, 0) is 14.2 Å². The highest BCUT2D eigenvalue weighted by atomic mass is 16.5. The monoisotopic (exact) mass is 217 g/mol. The van der Waals surface area contributed by atoms with Gasteiger partial charge < -0.3 is 19.5 Å². The van der Waals surface area contributed by atoms with Crippen LogP contribution in [0.15, 0.2) is 0 Å². The van der Waals surface area contributed by atoms with Crippen LogP contribution in [0.2, 0.25) is 0 Å². The molecule has 0 bridgehead atoms. The molecule has 2 unspecified atom stereocenters. The zero-order valence-corrected chi connectivity index (χ0v) is 9.83. The Morgan fingerprint density at radius 2 is 2.20 bits per heavy atom. The Balaban J connectivity index is 1.84. The SMILES string of the molecule is COCCOCCCNC1CCOC1C. The molecule has 0 spiro atoms. The minimum atomic E-state index is 0.361. The largest absolute Gasteiger partial charge is 0.382 e. The summed E-state index contributed by atoms with van der Waals surface area (Å²) in [4.78, 5) is 0. The molecule has 90 valence electrons. The molecule has 1 aliphatic rings. The van der Waals surface area contributed by atoms with E-state index in [1.54, 1.807) is 7.11 Å². The van der Waals surface area contributed by atoms with Gasteiger partial charge in [0.05, 0.1) is 19.3 Å². The van der Waals surface area contributed by atoms with Crippen LogP contribution in [0.1, 0.15) is 19.8 Å². The second kappa shape index (κ2) is 8.05. The van der Waals surface area contributed by atoms with E-state index in [-0.39, 0.29) is 0 Å². The minimum Gasteiger partial charge on any atom is -0.382 e. The maximum Gasteiger partial charge on any atom is 0.0700 e. The number of hydrogen-bond donors (Lipinski definition) is 1. The Morgan fingerprint density at radius 3 is 2.87 bits per heavy atom. The first-order valence-corrected chi connectivity index (χ1v) is 5.76. The summed E-state index contributed by atoms with van der Waals surface area (Å²) in [7, 11) is 1.69. The van der Waals surface area contributed by atoms with Crippen LogP contribution in [-0.4, -0.2) is 52.2 Å². The van der Waals surface area contributed by atoms with E-state index in [1.165, 1.54) is 0 Å². The molecule has 1 saturated heterocycles. The van der Waals surface area contributed by atoms with Gasteiger partial charge in [0.15, 0.2) is 0 Å². The third kappa shape index (κ3) is 5.47. The van der Waals surface area contributed by atoms with Gasteiger partial charge in [-0.25, -0.2) is 0 Å². The molecule has 1 fully saturated rings. The van der Waals surface area contributed by atoms with Gasteiger partial charge in [0.25, 0.3) is 0 Å². The highest BCUT2D eigenvalue weighted by Crippen LogP contribution is 2.12. The summed E-state index contributed by atoms with van der Waals surface area (Å²) in [5.74, 6) is 0. The third-order valence-electron chi connectivity index (χ3n) is 2.68. The molecule has 1 N–H and O–H groups in total. The maximum absolute atomic E-state index is 5.47. The molecule has 2 atom stereocenters. The fraction of sp³-hybridized carbons (Fsp3) is 1.00. The van der Waals surface area contributed by atoms with Gasteiger partial charge in [-0.3, -0.25) is 0 Å². The van der Waals surface area contributed by atoms with Gasteiger partial charge in [-0.05, 0) is 26.3 Å². The molecule has 15 heavy (non-hydrogen) atoms. The van der Waals surface area contributed by atoms with E-state index in [9.17, 15) is 0 Å². The average Bonchev–Trinajstić information content (AvgIpc) is 2.63. The Bertz CT molecular complexity index is 155. The van der Waals surface area contributed by atoms with Crippen molar-refractivity contribution in [3.8, 4) is 0 Å². The van der Waals surface area contributed by atoms with Crippen LogP contribution >= 0.6 is 0 Å². The predicted molar refractivity (Wildman–Crippen MR) is 59.1 cm³/mol. The van der Waals surface area contributed by atoms with E-state index in [0.29, 0.717) is 25.4 Å². The summed E-state index contributed by atoms with van der Waals surface area (Å²) in [5, 5.41) is 3.49. The second-order valence-electron chi connectivity index (χ2n) is 3.88. The quantitative estimate of drug-likeness (QED) is 0.611. The third-order valence-corrected chi connectivity index (χ3v) is 2.68. The van der Waals surface area contributed by atoms with Gasteiger partial charge in [0.2, 0.25) is 0 Å². The molecule has 4 heteroatoms. The summed E-state index contributed by atoms with van der Waals surface area (Å²) in [5.41, 5.74) is 0. The van der Waals surface area contributed by atoms with Gasteiger partial charge in [0, 0.05) is 26.4 Å². The first kappa shape index (κ1) is 12.9. The minimum absolute atomic E-state index is 0.361. The molecule has 0 saturated carbocycles. The lowest BCUT2D eigenvalue weighted by Gasteiger charge is -2.15. The summed E-state index contributed by atoms with van der Waals surface area (Å²) in [6, 6.07) is 0.531. The number of ether oxygens (including phenoxy) is 3. The fourth-order valence-corrected chi connectivity index (χ4v) is 1.71. The normalized spacial score (nSPS) is 26.0. The highest BCUT2D eigenvalue weighted by molar-refractivity contribution is 4.78. The van der Waals surface area contributed by atoms with Crippen molar-refractivity contribution in [3.63, 3.8) is 0 Å². The van der Waals surface area contributed by atoms with Crippen molar-refractivity contribution in [1.29, 1.82) is 0 Å². The van der Waals surface area contributed by atoms with Crippen LogP contribution in [0.4, 0.5) is 0 Å². The summed E-state index contributed by atoms with van der Waals surface area (Å²) in [6.45, 7) is 6.20. The lowest BCUT2D eigenvalue weighted by Crippen LogP contribution is -2.35. The molecule has 0 aliphatic carbocycles. The topological polar surface area (TPSA) is 39.7 Å². The van der Waals surface area contributed by atoms with Crippen LogP contribution in [0.25, 0.3) is 0 Å². The molecule has 1 rings (SSSR count). The summed E-state index contributed by atoms with van der Waals surface area (Å²) < 4.78 is 15.7. The van der Waals surface area contributed by atoms with Crippen molar-refractivity contribution < 1.29 is 14.2 Å². The molecule has 0 aromatic rings. The van der Waals surface area contributed by atoms with E-state index in [1.807, 2.05) is 0 Å². The lowest BCUT2D eigenvalue weighted by molar-refractivity contribution is 0.0685. The smallest absolute Gasteiger partial charge is 0.0700 e. The lowest BCUT2D eigenvalue weighted by atomic mass is 10.1. The number of methoxy groups -OCH3 is 1. The van der Waals surface area contributed by atoms with Crippen molar-refractivity contribution in [3.05, 3.63) is 0 Å². The van der Waals surface area contributed by atoms with Gasteiger partial charge in [-0.2, -0.15) is 0 Å². The molecule has 1 heterocycles. The highest BCUT2D eigenvalue weighted by Gasteiger charge is 2.22. The van der Waals surface area contributed by atoms with Crippen LogP contribution in [0.3, 0.4) is 0 Å². The van der Waals surface area contributed by atoms with Crippen molar-refractivity contribution in [2.24, 2.45) is 0 Å². The first-order chi connectivity index (χ1) is 7.34. The van der Waals surface area contributed by atoms with Crippen LogP contribution in [0.5, 0.6) is 0 Å². The Kier molecular flexibility index (Phi) is 6.92. The predicted octanol–water partition coefficient (Wildman–Crippen LogP) is 0.806. The molecule has 4 nitrogen and oxygen atoms in total. The molecule has 1 aliphatic heterocycles. The zero-order chi connectivity index (χ0) is 10.9. The summed E-state index contributed by atoms with van der Waals surface area (Å²) in [6.07, 6.45) is 2.54. The molecule has 0 radical (unpaired) electrons. The zero-order valence-electron chi connectivity index (χ0n) is 9.83. The Hall–Kier alpha value is -0.160.